The highest BCUT2D eigenvalue weighted by atomic mass is 16.5. The number of carbonyl (C=O) groups is 1. The van der Waals surface area contributed by atoms with Crippen molar-refractivity contribution in [1.29, 1.82) is 0 Å². The van der Waals surface area contributed by atoms with Crippen molar-refractivity contribution in [2.75, 3.05) is 13.7 Å². The molecule has 1 fully saturated rings. The van der Waals surface area contributed by atoms with Gasteiger partial charge in [-0.15, -0.1) is 0 Å². The second-order valence-electron chi connectivity index (χ2n) is 4.25. The number of hydrogen-bond acceptors (Lipinski definition) is 5. The quantitative estimate of drug-likeness (QED) is 0.621. The Morgan fingerprint density at radius 3 is 3.00 bits per heavy atom. The summed E-state index contributed by atoms with van der Waals surface area (Å²) in [4.78, 5) is 22.6. The van der Waals surface area contributed by atoms with Crippen LogP contribution in [0.15, 0.2) is 23.1 Å². The first kappa shape index (κ1) is 12.6. The Morgan fingerprint density at radius 1 is 1.56 bits per heavy atom. The number of esters is 1. The molecule has 0 aromatic carbocycles. The summed E-state index contributed by atoms with van der Waals surface area (Å²) >= 11 is 0. The molecule has 1 N–H and O–H groups in total. The number of carbonyl (C=O) groups excluding carboxylic acids is 1. The molecule has 0 saturated carbocycles. The minimum absolute atomic E-state index is 0.201. The van der Waals surface area contributed by atoms with Gasteiger partial charge in [0.05, 0.1) is 25.3 Å². The highest BCUT2D eigenvalue weighted by molar-refractivity contribution is 5.72. The van der Waals surface area contributed by atoms with Crippen molar-refractivity contribution in [3.8, 4) is 0 Å². The van der Waals surface area contributed by atoms with Crippen LogP contribution in [-0.2, 0) is 14.3 Å². The van der Waals surface area contributed by atoms with E-state index >= 15 is 0 Å². The van der Waals surface area contributed by atoms with Crippen LogP contribution in [0.3, 0.4) is 0 Å². The van der Waals surface area contributed by atoms with Crippen LogP contribution in [-0.4, -0.2) is 29.6 Å². The minimum atomic E-state index is -0.501. The normalized spacial score (nSPS) is 23.6. The van der Waals surface area contributed by atoms with Gasteiger partial charge in [0.25, 0.3) is 5.56 Å². The van der Waals surface area contributed by atoms with Crippen molar-refractivity contribution in [3.63, 3.8) is 0 Å². The molecule has 0 amide bonds. The summed E-state index contributed by atoms with van der Waals surface area (Å²) in [6.45, 7) is 0.453. The Hall–Kier alpha value is -1.82. The van der Waals surface area contributed by atoms with Crippen LogP contribution < -0.4 is 5.56 Å². The van der Waals surface area contributed by atoms with E-state index in [4.69, 9.17) is 9.47 Å². The first-order valence-corrected chi connectivity index (χ1v) is 5.73. The highest BCUT2D eigenvalue weighted by Gasteiger charge is 2.29. The molecule has 0 spiro atoms. The van der Waals surface area contributed by atoms with Crippen molar-refractivity contribution in [2.45, 2.75) is 18.9 Å². The third kappa shape index (κ3) is 2.53. The van der Waals surface area contributed by atoms with E-state index in [0.29, 0.717) is 29.7 Å². The largest absolute Gasteiger partial charge is 0.469 e. The Labute approximate surface area is 104 Å². The summed E-state index contributed by atoms with van der Waals surface area (Å²) in [5.74, 6) is -0.451. The van der Waals surface area contributed by atoms with E-state index < -0.39 is 5.56 Å². The zero-order valence-electron chi connectivity index (χ0n) is 10.0. The lowest BCUT2D eigenvalue weighted by Crippen LogP contribution is -2.27. The summed E-state index contributed by atoms with van der Waals surface area (Å²) in [5.41, 5.74) is 0.171. The number of hydrogen-bond donors (Lipinski definition) is 1. The lowest BCUT2D eigenvalue weighted by atomic mass is 9.92. The van der Waals surface area contributed by atoms with E-state index in [1.807, 2.05) is 0 Å². The second-order valence-corrected chi connectivity index (χ2v) is 4.25. The molecule has 18 heavy (non-hydrogen) atoms. The molecular formula is C12H15NO5. The Balaban J connectivity index is 2.15. The SMILES string of the molecule is COC(=O)[C@H]1CCO[C@@H](c2ccc(=O)n(O)c2)C1. The zero-order chi connectivity index (χ0) is 13.1. The second kappa shape index (κ2) is 5.22. The van der Waals surface area contributed by atoms with E-state index in [1.165, 1.54) is 19.4 Å². The van der Waals surface area contributed by atoms with E-state index in [2.05, 4.69) is 0 Å². The molecule has 6 nitrogen and oxygen atoms in total. The predicted octanol–water partition coefficient (Wildman–Crippen LogP) is 0.726. The molecule has 98 valence electrons. The monoisotopic (exact) mass is 253 g/mol. The highest BCUT2D eigenvalue weighted by Crippen LogP contribution is 2.31. The van der Waals surface area contributed by atoms with Gasteiger partial charge >= 0.3 is 5.97 Å². The zero-order valence-corrected chi connectivity index (χ0v) is 10.0. The molecule has 1 aromatic rings. The fraction of sp³-hybridized carbons (Fsp3) is 0.500. The fourth-order valence-electron chi connectivity index (χ4n) is 2.09. The molecule has 2 heterocycles. The summed E-state index contributed by atoms with van der Waals surface area (Å²) in [5, 5.41) is 9.31. The lowest BCUT2D eigenvalue weighted by molar-refractivity contribution is -0.150. The maximum Gasteiger partial charge on any atom is 0.308 e. The van der Waals surface area contributed by atoms with Gasteiger partial charge < -0.3 is 14.7 Å². The Kier molecular flexibility index (Phi) is 3.66. The molecule has 2 rings (SSSR count). The number of aromatic nitrogens is 1. The van der Waals surface area contributed by atoms with E-state index in [0.717, 1.165) is 0 Å². The number of methoxy groups -OCH3 is 1. The van der Waals surface area contributed by atoms with Crippen LogP contribution in [0, 0.1) is 5.92 Å². The van der Waals surface area contributed by atoms with Crippen molar-refractivity contribution in [2.24, 2.45) is 5.92 Å². The molecular weight excluding hydrogens is 238 g/mol. The third-order valence-corrected chi connectivity index (χ3v) is 3.11. The standard InChI is InChI=1S/C12H15NO5/c1-17-12(15)8-4-5-18-10(6-8)9-2-3-11(14)13(16)7-9/h2-3,7-8,10,16H,4-6H2,1H3/t8-,10+/m0/s1. The smallest absolute Gasteiger partial charge is 0.308 e. The van der Waals surface area contributed by atoms with Gasteiger partial charge in [0.15, 0.2) is 0 Å². The van der Waals surface area contributed by atoms with Crippen molar-refractivity contribution >= 4 is 5.97 Å². The van der Waals surface area contributed by atoms with Crippen LogP contribution in [0.2, 0.25) is 0 Å². The van der Waals surface area contributed by atoms with E-state index in [9.17, 15) is 14.8 Å². The average Bonchev–Trinajstić information content (AvgIpc) is 2.41. The van der Waals surface area contributed by atoms with Gasteiger partial charge in [0.2, 0.25) is 0 Å². The van der Waals surface area contributed by atoms with Crippen LogP contribution in [0.5, 0.6) is 0 Å². The summed E-state index contributed by atoms with van der Waals surface area (Å²) in [6, 6.07) is 2.86. The lowest BCUT2D eigenvalue weighted by Gasteiger charge is -2.28. The minimum Gasteiger partial charge on any atom is -0.469 e. The molecule has 0 bridgehead atoms. The number of nitrogens with zero attached hydrogens (tertiary/aromatic N) is 1. The van der Waals surface area contributed by atoms with Crippen molar-refractivity contribution in [1.82, 2.24) is 4.73 Å². The topological polar surface area (TPSA) is 77.8 Å². The predicted molar refractivity (Wildman–Crippen MR) is 61.3 cm³/mol. The molecule has 0 aliphatic carbocycles. The van der Waals surface area contributed by atoms with Crippen LogP contribution in [0.25, 0.3) is 0 Å². The molecule has 6 heteroatoms. The van der Waals surface area contributed by atoms with E-state index in [1.54, 1.807) is 6.07 Å². The van der Waals surface area contributed by atoms with Gasteiger partial charge in [0, 0.05) is 18.2 Å². The Bertz CT molecular complexity index is 495. The molecule has 1 saturated heterocycles. The van der Waals surface area contributed by atoms with Gasteiger partial charge in [-0.3, -0.25) is 9.59 Å². The number of ether oxygens (including phenoxy) is 2. The molecule has 1 aromatic heterocycles. The van der Waals surface area contributed by atoms with Crippen LogP contribution in [0.4, 0.5) is 0 Å². The van der Waals surface area contributed by atoms with Crippen molar-refractivity contribution < 1.29 is 19.5 Å². The van der Waals surface area contributed by atoms with Crippen molar-refractivity contribution in [3.05, 3.63) is 34.2 Å². The van der Waals surface area contributed by atoms with Gasteiger partial charge in [-0.1, -0.05) is 0 Å². The van der Waals surface area contributed by atoms with Crippen LogP contribution in [0.1, 0.15) is 24.5 Å². The molecule has 2 atom stereocenters. The number of rotatable bonds is 2. The summed E-state index contributed by atoms with van der Waals surface area (Å²) < 4.78 is 10.8. The number of pyridine rings is 1. The Morgan fingerprint density at radius 2 is 2.33 bits per heavy atom. The van der Waals surface area contributed by atoms with Gasteiger partial charge in [-0.05, 0) is 18.9 Å². The van der Waals surface area contributed by atoms with Gasteiger partial charge in [0.1, 0.15) is 0 Å². The molecule has 0 unspecified atom stereocenters. The van der Waals surface area contributed by atoms with Gasteiger partial charge in [-0.2, -0.15) is 4.73 Å². The van der Waals surface area contributed by atoms with E-state index in [-0.39, 0.29) is 18.0 Å². The van der Waals surface area contributed by atoms with Gasteiger partial charge in [-0.25, -0.2) is 0 Å². The fourth-order valence-corrected chi connectivity index (χ4v) is 2.09. The average molecular weight is 253 g/mol. The third-order valence-electron chi connectivity index (χ3n) is 3.11. The van der Waals surface area contributed by atoms with Crippen LogP contribution >= 0.6 is 0 Å². The maximum absolute atomic E-state index is 11.5. The molecule has 0 radical (unpaired) electrons. The first-order valence-electron chi connectivity index (χ1n) is 5.73. The maximum atomic E-state index is 11.5. The molecule has 1 aliphatic rings. The first-order chi connectivity index (χ1) is 8.61. The summed E-state index contributed by atoms with van der Waals surface area (Å²) in [7, 11) is 1.36. The molecule has 1 aliphatic heterocycles. The summed E-state index contributed by atoms with van der Waals surface area (Å²) in [6.07, 6.45) is 2.13.